The number of anilines is 1. The lowest BCUT2D eigenvalue weighted by Crippen LogP contribution is -2.35. The summed E-state index contributed by atoms with van der Waals surface area (Å²) in [6.45, 7) is 4.66. The van der Waals surface area contributed by atoms with Gasteiger partial charge >= 0.3 is 0 Å². The van der Waals surface area contributed by atoms with Gasteiger partial charge in [-0.1, -0.05) is 0 Å². The van der Waals surface area contributed by atoms with E-state index in [0.717, 1.165) is 24.5 Å². The van der Waals surface area contributed by atoms with Crippen molar-refractivity contribution in [1.29, 1.82) is 0 Å². The summed E-state index contributed by atoms with van der Waals surface area (Å²) in [4.78, 5) is 21.0. The van der Waals surface area contributed by atoms with E-state index in [-0.39, 0.29) is 11.6 Å². The zero-order valence-corrected chi connectivity index (χ0v) is 14.5. The summed E-state index contributed by atoms with van der Waals surface area (Å²) >= 11 is 0. The number of furan rings is 1. The van der Waals surface area contributed by atoms with Gasteiger partial charge in [0.15, 0.2) is 23.7 Å². The minimum Gasteiger partial charge on any atom is -0.461 e. The van der Waals surface area contributed by atoms with Crippen molar-refractivity contribution in [3.63, 3.8) is 0 Å². The first-order valence-corrected chi connectivity index (χ1v) is 8.54. The molecule has 1 saturated heterocycles. The summed E-state index contributed by atoms with van der Waals surface area (Å²) in [5.41, 5.74) is 1.17. The first-order valence-electron chi connectivity index (χ1n) is 8.54. The highest BCUT2D eigenvalue weighted by atomic mass is 16.4. The first-order chi connectivity index (χ1) is 12.7. The number of hydrogen-bond acceptors (Lipinski definition) is 7. The number of oxazole rings is 1. The van der Waals surface area contributed by atoms with Crippen LogP contribution in [-0.2, 0) is 0 Å². The molecule has 26 heavy (non-hydrogen) atoms. The van der Waals surface area contributed by atoms with E-state index in [1.165, 1.54) is 6.39 Å². The van der Waals surface area contributed by atoms with E-state index in [0.29, 0.717) is 31.2 Å². The summed E-state index contributed by atoms with van der Waals surface area (Å²) < 4.78 is 10.7. The van der Waals surface area contributed by atoms with E-state index in [1.54, 1.807) is 23.3 Å². The standard InChI is InChI=1S/C18H19N5O3/c1-13-5-6-15(21-20-13)22-7-3-8-23(10-9-22)18(24)16-17(26-12-19-16)14-4-2-11-25-14/h2,4-6,11-12H,3,7-10H2,1H3. The maximum atomic E-state index is 12.9. The van der Waals surface area contributed by atoms with Crippen LogP contribution >= 0.6 is 0 Å². The molecule has 0 aromatic carbocycles. The Hall–Kier alpha value is -3.16. The Kier molecular flexibility index (Phi) is 4.39. The van der Waals surface area contributed by atoms with E-state index < -0.39 is 0 Å². The van der Waals surface area contributed by atoms with Crippen molar-refractivity contribution in [3.8, 4) is 11.5 Å². The van der Waals surface area contributed by atoms with E-state index >= 15 is 0 Å². The molecule has 8 nitrogen and oxygen atoms in total. The largest absolute Gasteiger partial charge is 0.461 e. The predicted molar refractivity (Wildman–Crippen MR) is 93.7 cm³/mol. The van der Waals surface area contributed by atoms with Crippen molar-refractivity contribution in [2.45, 2.75) is 13.3 Å². The van der Waals surface area contributed by atoms with Crippen molar-refractivity contribution in [1.82, 2.24) is 20.1 Å². The predicted octanol–water partition coefficient (Wildman–Crippen LogP) is 2.39. The van der Waals surface area contributed by atoms with Gasteiger partial charge in [0.05, 0.1) is 12.0 Å². The van der Waals surface area contributed by atoms with Gasteiger partial charge in [-0.05, 0) is 37.6 Å². The molecule has 0 unspecified atom stereocenters. The molecule has 0 N–H and O–H groups in total. The lowest BCUT2D eigenvalue weighted by Gasteiger charge is -2.22. The molecule has 1 fully saturated rings. The highest BCUT2D eigenvalue weighted by Crippen LogP contribution is 2.25. The van der Waals surface area contributed by atoms with Crippen LogP contribution in [0, 0.1) is 6.92 Å². The maximum absolute atomic E-state index is 12.9. The molecule has 1 aliphatic rings. The second-order valence-electron chi connectivity index (χ2n) is 6.17. The first kappa shape index (κ1) is 16.3. The molecule has 0 atom stereocenters. The van der Waals surface area contributed by atoms with Crippen molar-refractivity contribution in [2.75, 3.05) is 31.1 Å². The molecular weight excluding hydrogens is 334 g/mol. The monoisotopic (exact) mass is 353 g/mol. The molecule has 1 aliphatic heterocycles. The molecule has 3 aromatic heterocycles. The van der Waals surface area contributed by atoms with Gasteiger partial charge in [0.2, 0.25) is 5.76 Å². The van der Waals surface area contributed by atoms with Gasteiger partial charge in [-0.25, -0.2) is 4.98 Å². The third-order valence-corrected chi connectivity index (χ3v) is 4.41. The third kappa shape index (κ3) is 3.17. The van der Waals surface area contributed by atoms with E-state index in [2.05, 4.69) is 20.1 Å². The molecule has 0 spiro atoms. The molecule has 4 heterocycles. The molecule has 0 bridgehead atoms. The number of hydrogen-bond donors (Lipinski definition) is 0. The lowest BCUT2D eigenvalue weighted by atomic mass is 10.2. The average Bonchev–Trinajstić information content (AvgIpc) is 3.29. The second-order valence-corrected chi connectivity index (χ2v) is 6.17. The van der Waals surface area contributed by atoms with Crippen LogP contribution in [-0.4, -0.2) is 52.2 Å². The lowest BCUT2D eigenvalue weighted by molar-refractivity contribution is 0.0762. The highest BCUT2D eigenvalue weighted by Gasteiger charge is 2.27. The van der Waals surface area contributed by atoms with Crippen LogP contribution in [0.4, 0.5) is 5.82 Å². The fourth-order valence-corrected chi connectivity index (χ4v) is 3.04. The molecular formula is C18H19N5O3. The number of aromatic nitrogens is 3. The normalized spacial score (nSPS) is 15.1. The fourth-order valence-electron chi connectivity index (χ4n) is 3.04. The summed E-state index contributed by atoms with van der Waals surface area (Å²) in [5.74, 6) is 1.55. The van der Waals surface area contributed by atoms with Crippen LogP contribution in [0.25, 0.3) is 11.5 Å². The Morgan fingerprint density at radius 3 is 2.77 bits per heavy atom. The van der Waals surface area contributed by atoms with Crippen LogP contribution in [0.15, 0.2) is 45.8 Å². The minimum absolute atomic E-state index is 0.151. The molecule has 134 valence electrons. The molecule has 4 rings (SSSR count). The quantitative estimate of drug-likeness (QED) is 0.714. The fraction of sp³-hybridized carbons (Fsp3) is 0.333. The highest BCUT2D eigenvalue weighted by molar-refractivity contribution is 5.97. The zero-order chi connectivity index (χ0) is 17.9. The summed E-state index contributed by atoms with van der Waals surface area (Å²) in [7, 11) is 0. The maximum Gasteiger partial charge on any atom is 0.276 e. The number of aryl methyl sites for hydroxylation is 1. The summed E-state index contributed by atoms with van der Waals surface area (Å²) in [5, 5.41) is 8.36. The van der Waals surface area contributed by atoms with Gasteiger partial charge in [-0.2, -0.15) is 5.10 Å². The van der Waals surface area contributed by atoms with Crippen molar-refractivity contribution >= 4 is 11.7 Å². The number of rotatable bonds is 3. The van der Waals surface area contributed by atoms with Crippen LogP contribution in [0.5, 0.6) is 0 Å². The topological polar surface area (TPSA) is 88.5 Å². The summed E-state index contributed by atoms with van der Waals surface area (Å²) in [6.07, 6.45) is 3.66. The number of carbonyl (C=O) groups is 1. The van der Waals surface area contributed by atoms with Crippen LogP contribution in [0.2, 0.25) is 0 Å². The Morgan fingerprint density at radius 2 is 2.00 bits per heavy atom. The van der Waals surface area contributed by atoms with Crippen LogP contribution in [0.3, 0.4) is 0 Å². The van der Waals surface area contributed by atoms with Crippen LogP contribution in [0.1, 0.15) is 22.6 Å². The minimum atomic E-state index is -0.151. The summed E-state index contributed by atoms with van der Waals surface area (Å²) in [6, 6.07) is 7.41. The van der Waals surface area contributed by atoms with E-state index in [1.807, 2.05) is 19.1 Å². The number of nitrogens with zero attached hydrogens (tertiary/aromatic N) is 5. The van der Waals surface area contributed by atoms with Crippen molar-refractivity contribution in [2.24, 2.45) is 0 Å². The zero-order valence-electron chi connectivity index (χ0n) is 14.5. The van der Waals surface area contributed by atoms with Crippen molar-refractivity contribution < 1.29 is 13.6 Å². The molecule has 0 radical (unpaired) electrons. The smallest absolute Gasteiger partial charge is 0.276 e. The number of amides is 1. The molecule has 0 aliphatic carbocycles. The van der Waals surface area contributed by atoms with Gasteiger partial charge in [0.1, 0.15) is 0 Å². The van der Waals surface area contributed by atoms with Gasteiger partial charge in [0.25, 0.3) is 5.91 Å². The van der Waals surface area contributed by atoms with Gasteiger partial charge in [-0.3, -0.25) is 4.79 Å². The second kappa shape index (κ2) is 6.99. The number of carbonyl (C=O) groups excluding carboxylic acids is 1. The van der Waals surface area contributed by atoms with Crippen LogP contribution < -0.4 is 4.90 Å². The third-order valence-electron chi connectivity index (χ3n) is 4.41. The van der Waals surface area contributed by atoms with Gasteiger partial charge < -0.3 is 18.6 Å². The molecule has 3 aromatic rings. The molecule has 0 saturated carbocycles. The van der Waals surface area contributed by atoms with Gasteiger partial charge in [-0.15, -0.1) is 5.10 Å². The Bertz CT molecular complexity index is 873. The van der Waals surface area contributed by atoms with E-state index in [9.17, 15) is 4.79 Å². The van der Waals surface area contributed by atoms with Crippen molar-refractivity contribution in [3.05, 3.63) is 48.3 Å². The van der Waals surface area contributed by atoms with Gasteiger partial charge in [0, 0.05) is 26.2 Å². The SMILES string of the molecule is Cc1ccc(N2CCCN(C(=O)c3ncoc3-c3ccco3)CC2)nn1. The molecule has 1 amide bonds. The Balaban J connectivity index is 1.48. The molecule has 8 heteroatoms. The Labute approximate surface area is 150 Å². The van der Waals surface area contributed by atoms with E-state index in [4.69, 9.17) is 8.83 Å². The Morgan fingerprint density at radius 1 is 1.08 bits per heavy atom. The average molecular weight is 353 g/mol.